The van der Waals surface area contributed by atoms with Crippen molar-refractivity contribution in [1.82, 2.24) is 5.32 Å². The minimum atomic E-state index is -4.58. The van der Waals surface area contributed by atoms with Gasteiger partial charge < -0.3 is 29.5 Å². The molecule has 2 atom stereocenters. The third kappa shape index (κ3) is 42.2. The first-order valence-corrected chi connectivity index (χ1v) is 24.7. The molecule has 0 saturated heterocycles. The average molecular weight is 836 g/mol. The molecule has 0 aromatic rings. The lowest BCUT2D eigenvalue weighted by atomic mass is 10.0. The molecule has 0 aliphatic carbocycles. The molecular weight excluding hydrogens is 749 g/mol. The number of nitrogens with one attached hydrogen (secondary N) is 1. The molecule has 0 bridgehead atoms. The lowest BCUT2D eigenvalue weighted by Gasteiger charge is -2.20. The van der Waals surface area contributed by atoms with E-state index < -0.39 is 38.6 Å². The first kappa shape index (κ1) is 55.3. The molecule has 0 radical (unpaired) electrons. The molecule has 338 valence electrons. The zero-order valence-electron chi connectivity index (χ0n) is 36.5. The van der Waals surface area contributed by atoms with E-state index in [-0.39, 0.29) is 45.8 Å². The molecule has 1 amide bonds. The molecule has 57 heavy (non-hydrogen) atoms. The Morgan fingerprint density at radius 3 is 1.30 bits per heavy atom. The number of carbonyl (C=O) groups is 3. The van der Waals surface area contributed by atoms with Crippen LogP contribution in [-0.4, -0.2) is 73.7 Å². The highest BCUT2D eigenvalue weighted by atomic mass is 31.2. The molecule has 0 aromatic carbocycles. The summed E-state index contributed by atoms with van der Waals surface area (Å²) in [7, 11) is -4.58. The summed E-state index contributed by atoms with van der Waals surface area (Å²) >= 11 is 0. The molecule has 0 spiro atoms. The molecule has 0 rings (SSSR count). The SMILES string of the molecule is CCCCCCCCCCCCCCCCCC(=O)OC[C@H](COP(=O)(O)OCCNC(=O)OCCO)OC(=O)CCCCCCCCCCCCCCCCC. The van der Waals surface area contributed by atoms with Gasteiger partial charge in [0.1, 0.15) is 13.2 Å². The van der Waals surface area contributed by atoms with E-state index in [1.807, 2.05) is 0 Å². The summed E-state index contributed by atoms with van der Waals surface area (Å²) in [5, 5.41) is 11.0. The van der Waals surface area contributed by atoms with Gasteiger partial charge in [-0.2, -0.15) is 0 Å². The summed E-state index contributed by atoms with van der Waals surface area (Å²) in [5.74, 6) is -0.910. The predicted octanol–water partition coefficient (Wildman–Crippen LogP) is 11.8. The quantitative estimate of drug-likeness (QED) is 0.0231. The fourth-order valence-corrected chi connectivity index (χ4v) is 7.37. The van der Waals surface area contributed by atoms with Crippen molar-refractivity contribution in [1.29, 1.82) is 0 Å². The first-order valence-electron chi connectivity index (χ1n) is 23.2. The van der Waals surface area contributed by atoms with Crippen molar-refractivity contribution in [2.75, 3.05) is 39.6 Å². The van der Waals surface area contributed by atoms with Gasteiger partial charge in [0.2, 0.25) is 0 Å². The largest absolute Gasteiger partial charge is 0.472 e. The number of aliphatic hydroxyl groups excluding tert-OH is 1. The second-order valence-corrected chi connectivity index (χ2v) is 17.0. The van der Waals surface area contributed by atoms with E-state index in [2.05, 4.69) is 23.9 Å². The van der Waals surface area contributed by atoms with Crippen molar-refractivity contribution < 1.29 is 52.2 Å². The van der Waals surface area contributed by atoms with Crippen LogP contribution in [0.5, 0.6) is 0 Å². The number of ether oxygens (including phenoxy) is 3. The highest BCUT2D eigenvalue weighted by molar-refractivity contribution is 7.47. The van der Waals surface area contributed by atoms with Crippen LogP contribution < -0.4 is 5.32 Å². The van der Waals surface area contributed by atoms with Crippen molar-refractivity contribution in [2.24, 2.45) is 0 Å². The Hall–Kier alpha value is -1.72. The Morgan fingerprint density at radius 2 is 0.895 bits per heavy atom. The maximum absolute atomic E-state index is 12.7. The molecule has 0 aromatic heterocycles. The number of carbonyl (C=O) groups excluding carboxylic acids is 3. The van der Waals surface area contributed by atoms with Crippen LogP contribution in [0.15, 0.2) is 0 Å². The summed E-state index contributed by atoms with van der Waals surface area (Å²) in [5.41, 5.74) is 0. The van der Waals surface area contributed by atoms with Gasteiger partial charge in [0.25, 0.3) is 0 Å². The standard InChI is InChI=1S/C44H86NO11P/c1-3-5-7-9-11-13-15-17-19-21-23-25-27-29-31-33-42(47)53-39-41(40-55-57(50,51)54-37-35-45-44(49)52-38-36-46)56-43(48)34-32-30-28-26-24-22-20-18-16-14-12-10-8-6-4-2/h41,46H,3-40H2,1-2H3,(H,45,49)(H,50,51)/t41-/m1/s1. The Bertz CT molecular complexity index is 971. The van der Waals surface area contributed by atoms with Gasteiger partial charge in [-0.05, 0) is 12.8 Å². The molecule has 0 saturated carbocycles. The molecule has 1 unspecified atom stereocenters. The number of phosphoric acid groups is 1. The maximum Gasteiger partial charge on any atom is 0.472 e. The fourth-order valence-electron chi connectivity index (χ4n) is 6.62. The van der Waals surface area contributed by atoms with Crippen LogP contribution in [0.3, 0.4) is 0 Å². The van der Waals surface area contributed by atoms with Crippen LogP contribution in [0.2, 0.25) is 0 Å². The molecular formula is C44H86NO11P. The van der Waals surface area contributed by atoms with E-state index in [1.165, 1.54) is 141 Å². The zero-order chi connectivity index (χ0) is 41.9. The van der Waals surface area contributed by atoms with E-state index in [0.29, 0.717) is 12.8 Å². The van der Waals surface area contributed by atoms with Gasteiger partial charge in [-0.25, -0.2) is 9.36 Å². The highest BCUT2D eigenvalue weighted by Gasteiger charge is 2.26. The van der Waals surface area contributed by atoms with Crippen LogP contribution >= 0.6 is 7.82 Å². The number of hydrogen-bond acceptors (Lipinski definition) is 10. The predicted molar refractivity (Wildman–Crippen MR) is 228 cm³/mol. The highest BCUT2D eigenvalue weighted by Crippen LogP contribution is 2.43. The minimum absolute atomic E-state index is 0.146. The number of amides is 1. The van der Waals surface area contributed by atoms with Crippen molar-refractivity contribution in [3.63, 3.8) is 0 Å². The van der Waals surface area contributed by atoms with Crippen molar-refractivity contribution in [3.05, 3.63) is 0 Å². The van der Waals surface area contributed by atoms with Gasteiger partial charge in [0, 0.05) is 19.4 Å². The number of aliphatic hydroxyl groups is 1. The van der Waals surface area contributed by atoms with Crippen LogP contribution in [0.4, 0.5) is 4.79 Å². The third-order valence-electron chi connectivity index (χ3n) is 10.1. The first-order chi connectivity index (χ1) is 27.7. The molecule has 3 N–H and O–H groups in total. The van der Waals surface area contributed by atoms with Crippen LogP contribution in [0.1, 0.15) is 219 Å². The summed E-state index contributed by atoms with van der Waals surface area (Å²) < 4.78 is 37.9. The van der Waals surface area contributed by atoms with E-state index in [1.54, 1.807) is 0 Å². The second-order valence-electron chi connectivity index (χ2n) is 15.6. The van der Waals surface area contributed by atoms with Crippen molar-refractivity contribution >= 4 is 25.9 Å². The Kier molecular flexibility index (Phi) is 41.1. The molecule has 0 aliphatic rings. The van der Waals surface area contributed by atoms with Crippen LogP contribution in [0.25, 0.3) is 0 Å². The molecule has 0 fully saturated rings. The number of rotatable bonds is 44. The fraction of sp³-hybridized carbons (Fsp3) is 0.932. The Balaban J connectivity index is 4.40. The summed E-state index contributed by atoms with van der Waals surface area (Å²) in [4.78, 5) is 46.8. The van der Waals surface area contributed by atoms with Gasteiger partial charge in [0.15, 0.2) is 6.10 Å². The van der Waals surface area contributed by atoms with Crippen molar-refractivity contribution in [3.8, 4) is 0 Å². The number of hydrogen-bond donors (Lipinski definition) is 3. The van der Waals surface area contributed by atoms with E-state index in [4.69, 9.17) is 23.6 Å². The number of esters is 2. The lowest BCUT2D eigenvalue weighted by Crippen LogP contribution is -2.30. The molecule has 0 heterocycles. The minimum Gasteiger partial charge on any atom is -0.462 e. The topological polar surface area (TPSA) is 167 Å². The smallest absolute Gasteiger partial charge is 0.462 e. The van der Waals surface area contributed by atoms with Gasteiger partial charge in [-0.1, -0.05) is 194 Å². The summed E-state index contributed by atoms with van der Waals surface area (Å²) in [6, 6.07) is 0. The number of alkyl carbamates (subject to hydrolysis) is 1. The Labute approximate surface area is 347 Å². The molecule has 13 heteroatoms. The maximum atomic E-state index is 12.7. The second kappa shape index (κ2) is 42.4. The molecule has 0 aliphatic heterocycles. The van der Waals surface area contributed by atoms with E-state index in [0.717, 1.165) is 38.5 Å². The monoisotopic (exact) mass is 836 g/mol. The van der Waals surface area contributed by atoms with Crippen LogP contribution in [-0.2, 0) is 37.4 Å². The van der Waals surface area contributed by atoms with Gasteiger partial charge >= 0.3 is 25.9 Å². The Morgan fingerprint density at radius 1 is 0.509 bits per heavy atom. The third-order valence-corrected chi connectivity index (χ3v) is 11.1. The summed E-state index contributed by atoms with van der Waals surface area (Å²) in [6.45, 7) is 2.66. The van der Waals surface area contributed by atoms with Gasteiger partial charge in [-0.15, -0.1) is 0 Å². The number of unbranched alkanes of at least 4 members (excludes halogenated alkanes) is 28. The number of phosphoric ester groups is 1. The molecule has 12 nitrogen and oxygen atoms in total. The summed E-state index contributed by atoms with van der Waals surface area (Å²) in [6.07, 6.45) is 35.3. The van der Waals surface area contributed by atoms with E-state index >= 15 is 0 Å². The van der Waals surface area contributed by atoms with Crippen molar-refractivity contribution in [2.45, 2.75) is 225 Å². The average Bonchev–Trinajstić information content (AvgIpc) is 3.19. The van der Waals surface area contributed by atoms with Crippen LogP contribution in [0, 0.1) is 0 Å². The van der Waals surface area contributed by atoms with Gasteiger partial charge in [-0.3, -0.25) is 18.6 Å². The normalized spacial score (nSPS) is 12.9. The zero-order valence-corrected chi connectivity index (χ0v) is 37.4. The lowest BCUT2D eigenvalue weighted by molar-refractivity contribution is -0.161. The van der Waals surface area contributed by atoms with E-state index in [9.17, 15) is 23.8 Å². The van der Waals surface area contributed by atoms with Gasteiger partial charge in [0.05, 0.1) is 19.8 Å².